The highest BCUT2D eigenvalue weighted by Gasteiger charge is 2.25. The van der Waals surface area contributed by atoms with E-state index in [2.05, 4.69) is 38.1 Å². The molecule has 1 fully saturated rings. The Morgan fingerprint density at radius 3 is 2.91 bits per heavy atom. The quantitative estimate of drug-likeness (QED) is 0.455. The van der Waals surface area contributed by atoms with Crippen molar-refractivity contribution in [2.75, 3.05) is 51.6 Å². The maximum atomic E-state index is 12.8. The third-order valence-electron chi connectivity index (χ3n) is 6.46. The summed E-state index contributed by atoms with van der Waals surface area (Å²) in [5.41, 5.74) is 2.95. The topological polar surface area (TPSA) is 64.6 Å². The Morgan fingerprint density at radius 1 is 1.24 bits per heavy atom. The molecule has 2 aliphatic rings. The maximum absolute atomic E-state index is 12.8. The van der Waals surface area contributed by atoms with Gasteiger partial charge in [0, 0.05) is 61.5 Å². The van der Waals surface area contributed by atoms with E-state index in [0.717, 1.165) is 66.4 Å². The highest BCUT2D eigenvalue weighted by atomic mass is 32.1. The van der Waals surface area contributed by atoms with Gasteiger partial charge in [0.25, 0.3) is 0 Å². The molecule has 0 unspecified atom stereocenters. The Balaban J connectivity index is 1.29. The first-order valence-corrected chi connectivity index (χ1v) is 12.4. The van der Waals surface area contributed by atoms with Crippen LogP contribution in [0.3, 0.4) is 0 Å². The number of likely N-dealkylation sites (N-methyl/N-ethyl adjacent to an activating group) is 1. The number of anilines is 2. The number of terminal acetylenes is 1. The molecule has 7 nitrogen and oxygen atoms in total. The maximum Gasteiger partial charge on any atom is 0.246 e. The van der Waals surface area contributed by atoms with Crippen molar-refractivity contribution in [1.82, 2.24) is 24.7 Å². The largest absolute Gasteiger partial charge is 0.340 e. The zero-order valence-electron chi connectivity index (χ0n) is 19.3. The van der Waals surface area contributed by atoms with Crippen LogP contribution in [-0.2, 0) is 17.8 Å². The Kier molecular flexibility index (Phi) is 6.59. The second-order valence-corrected chi connectivity index (χ2v) is 9.86. The SMILES string of the molecule is C#Cc1cccc(Nc2ncnc3sc4c(c23)CCN(C(=O)C=CCN2CCN(C)CC2)C4)c1. The van der Waals surface area contributed by atoms with Crippen LogP contribution in [0.25, 0.3) is 10.2 Å². The minimum atomic E-state index is 0.0766. The summed E-state index contributed by atoms with van der Waals surface area (Å²) >= 11 is 1.65. The number of piperazine rings is 1. The minimum Gasteiger partial charge on any atom is -0.340 e. The van der Waals surface area contributed by atoms with E-state index in [-0.39, 0.29) is 5.91 Å². The van der Waals surface area contributed by atoms with Crippen LogP contribution in [0.1, 0.15) is 16.0 Å². The number of benzene rings is 1. The number of rotatable bonds is 5. The van der Waals surface area contributed by atoms with E-state index < -0.39 is 0 Å². The number of nitrogens with one attached hydrogen (secondary N) is 1. The van der Waals surface area contributed by atoms with Crippen molar-refractivity contribution < 1.29 is 4.79 Å². The van der Waals surface area contributed by atoms with Crippen molar-refractivity contribution >= 4 is 39.0 Å². The van der Waals surface area contributed by atoms with Crippen molar-refractivity contribution in [1.29, 1.82) is 0 Å². The second-order valence-electron chi connectivity index (χ2n) is 8.77. The highest BCUT2D eigenvalue weighted by molar-refractivity contribution is 7.19. The summed E-state index contributed by atoms with van der Waals surface area (Å²) in [5, 5.41) is 4.46. The number of aromatic nitrogens is 2. The molecule has 0 spiro atoms. The summed E-state index contributed by atoms with van der Waals surface area (Å²) in [6, 6.07) is 7.74. The monoisotopic (exact) mass is 472 g/mol. The molecule has 0 aliphatic carbocycles. The van der Waals surface area contributed by atoms with Crippen molar-refractivity contribution in [3.05, 3.63) is 58.7 Å². The molecule has 1 N–H and O–H groups in total. The molecule has 1 aromatic carbocycles. The smallest absolute Gasteiger partial charge is 0.246 e. The van der Waals surface area contributed by atoms with Crippen LogP contribution < -0.4 is 5.32 Å². The molecular formula is C26H28N6OS. The van der Waals surface area contributed by atoms with Crippen LogP contribution in [-0.4, -0.2) is 76.9 Å². The molecule has 0 saturated carbocycles. The number of carbonyl (C=O) groups is 1. The zero-order chi connectivity index (χ0) is 23.5. The van der Waals surface area contributed by atoms with E-state index in [9.17, 15) is 4.79 Å². The van der Waals surface area contributed by atoms with E-state index in [0.29, 0.717) is 13.1 Å². The van der Waals surface area contributed by atoms with Crippen molar-refractivity contribution in [3.63, 3.8) is 0 Å². The standard InChI is InChI=1S/C26H28N6OS/c1-3-19-6-4-7-20(16-19)29-25-24-21-9-11-32(17-22(21)34-26(24)28-18-27-25)23(33)8-5-10-31-14-12-30(2)13-15-31/h1,4-8,16,18H,9-15,17H2,2H3,(H,27,28,29). The molecule has 1 amide bonds. The number of hydrogen-bond acceptors (Lipinski definition) is 7. The van der Waals surface area contributed by atoms with Crippen LogP contribution in [0, 0.1) is 12.3 Å². The van der Waals surface area contributed by atoms with Crippen LogP contribution in [0.4, 0.5) is 11.5 Å². The van der Waals surface area contributed by atoms with Gasteiger partial charge in [-0.1, -0.05) is 18.1 Å². The summed E-state index contributed by atoms with van der Waals surface area (Å²) in [4.78, 5) is 30.6. The Labute approximate surface area is 204 Å². The Bertz CT molecular complexity index is 1270. The molecule has 8 heteroatoms. The fraction of sp³-hybridized carbons (Fsp3) is 0.346. The summed E-state index contributed by atoms with van der Waals surface area (Å²) in [6.45, 7) is 6.39. The lowest BCUT2D eigenvalue weighted by molar-refractivity contribution is -0.126. The fourth-order valence-electron chi connectivity index (χ4n) is 4.47. The average Bonchev–Trinajstić information content (AvgIpc) is 3.24. The normalized spacial score (nSPS) is 17.1. The van der Waals surface area contributed by atoms with Gasteiger partial charge in [0.05, 0.1) is 11.9 Å². The van der Waals surface area contributed by atoms with Gasteiger partial charge in [-0.25, -0.2) is 9.97 Å². The first kappa shape index (κ1) is 22.5. The molecule has 0 radical (unpaired) electrons. The van der Waals surface area contributed by atoms with Gasteiger partial charge in [0.2, 0.25) is 5.91 Å². The lowest BCUT2D eigenvalue weighted by atomic mass is 10.0. The number of fused-ring (bicyclic) bond motifs is 3. The second kappa shape index (κ2) is 9.94. The van der Waals surface area contributed by atoms with Crippen LogP contribution >= 0.6 is 11.3 Å². The van der Waals surface area contributed by atoms with Gasteiger partial charge >= 0.3 is 0 Å². The lowest BCUT2D eigenvalue weighted by Gasteiger charge is -2.31. The van der Waals surface area contributed by atoms with Gasteiger partial charge in [0.15, 0.2) is 0 Å². The number of amides is 1. The first-order chi connectivity index (χ1) is 16.6. The summed E-state index contributed by atoms with van der Waals surface area (Å²) in [7, 11) is 2.15. The van der Waals surface area contributed by atoms with Gasteiger partial charge in [-0.05, 0) is 37.2 Å². The van der Waals surface area contributed by atoms with Gasteiger partial charge in [-0.15, -0.1) is 17.8 Å². The van der Waals surface area contributed by atoms with E-state index in [1.807, 2.05) is 35.2 Å². The van der Waals surface area contributed by atoms with E-state index in [1.165, 1.54) is 10.4 Å². The highest BCUT2D eigenvalue weighted by Crippen LogP contribution is 2.38. The Morgan fingerprint density at radius 2 is 2.09 bits per heavy atom. The molecule has 0 atom stereocenters. The van der Waals surface area contributed by atoms with Crippen molar-refractivity contribution in [2.24, 2.45) is 0 Å². The predicted octanol–water partition coefficient (Wildman–Crippen LogP) is 3.10. The number of thiophene rings is 1. The van der Waals surface area contributed by atoms with Crippen LogP contribution in [0.5, 0.6) is 0 Å². The van der Waals surface area contributed by atoms with Gasteiger partial charge in [-0.2, -0.15) is 0 Å². The van der Waals surface area contributed by atoms with Gasteiger partial charge < -0.3 is 15.1 Å². The molecule has 2 aliphatic heterocycles. The van der Waals surface area contributed by atoms with Crippen molar-refractivity contribution in [2.45, 2.75) is 13.0 Å². The zero-order valence-corrected chi connectivity index (χ0v) is 20.1. The molecule has 0 bridgehead atoms. The summed E-state index contributed by atoms with van der Waals surface area (Å²) < 4.78 is 0. The molecule has 174 valence electrons. The summed E-state index contributed by atoms with van der Waals surface area (Å²) in [6.07, 6.45) is 11.7. The number of hydrogen-bond donors (Lipinski definition) is 1. The van der Waals surface area contributed by atoms with Gasteiger partial charge in [0.1, 0.15) is 17.0 Å². The van der Waals surface area contributed by atoms with Crippen LogP contribution in [0.2, 0.25) is 0 Å². The number of nitrogens with zero attached hydrogens (tertiary/aromatic N) is 5. The van der Waals surface area contributed by atoms with E-state index in [1.54, 1.807) is 23.7 Å². The molecular weight excluding hydrogens is 444 g/mol. The average molecular weight is 473 g/mol. The van der Waals surface area contributed by atoms with Crippen LogP contribution in [0.15, 0.2) is 42.7 Å². The van der Waals surface area contributed by atoms with E-state index in [4.69, 9.17) is 6.42 Å². The van der Waals surface area contributed by atoms with E-state index >= 15 is 0 Å². The first-order valence-electron chi connectivity index (χ1n) is 11.6. The molecule has 4 heterocycles. The predicted molar refractivity (Wildman–Crippen MR) is 137 cm³/mol. The molecule has 5 rings (SSSR count). The number of carbonyl (C=O) groups excluding carboxylic acids is 1. The molecule has 34 heavy (non-hydrogen) atoms. The van der Waals surface area contributed by atoms with Gasteiger partial charge in [-0.3, -0.25) is 9.69 Å². The molecule has 2 aromatic heterocycles. The molecule has 3 aromatic rings. The van der Waals surface area contributed by atoms with Crippen molar-refractivity contribution in [3.8, 4) is 12.3 Å². The Hall–Kier alpha value is -3.25. The fourth-order valence-corrected chi connectivity index (χ4v) is 5.68. The minimum absolute atomic E-state index is 0.0766. The third-order valence-corrected chi connectivity index (χ3v) is 7.59. The summed E-state index contributed by atoms with van der Waals surface area (Å²) in [5.74, 6) is 3.52. The lowest BCUT2D eigenvalue weighted by Crippen LogP contribution is -2.44. The molecule has 1 saturated heterocycles. The third kappa shape index (κ3) is 4.82.